The largest absolute Gasteiger partial charge is 0.504 e. The van der Waals surface area contributed by atoms with Crippen LogP contribution in [0.4, 0.5) is 0 Å². The topological polar surface area (TPSA) is 85.9 Å². The Bertz CT molecular complexity index is 1320. The molecule has 0 aliphatic rings. The summed E-state index contributed by atoms with van der Waals surface area (Å²) in [7, 11) is 0. The molecule has 0 unspecified atom stereocenters. The maximum atomic E-state index is 9.87. The molecule has 6 nitrogen and oxygen atoms in total. The van der Waals surface area contributed by atoms with Crippen molar-refractivity contribution in [2.24, 2.45) is 0 Å². The van der Waals surface area contributed by atoms with E-state index >= 15 is 0 Å². The van der Waals surface area contributed by atoms with Gasteiger partial charge in [0, 0.05) is 0 Å². The van der Waals surface area contributed by atoms with Gasteiger partial charge in [0.2, 0.25) is 0 Å². The van der Waals surface area contributed by atoms with E-state index in [9.17, 15) is 5.11 Å². The summed E-state index contributed by atoms with van der Waals surface area (Å²) in [6.45, 7) is 3.55. The predicted molar refractivity (Wildman–Crippen MR) is 110 cm³/mol. The zero-order valence-corrected chi connectivity index (χ0v) is 15.7. The molecule has 0 saturated heterocycles. The monoisotopic (exact) mass is 400 g/mol. The lowest BCUT2D eigenvalue weighted by molar-refractivity contribution is 0.455. The molecule has 5 aromatic rings. The second-order valence-corrected chi connectivity index (χ2v) is 6.42. The number of aliphatic hydroxyl groups excluding tert-OH is 1. The Hall–Kier alpha value is -4.32. The first-order chi connectivity index (χ1) is 14.7. The van der Waals surface area contributed by atoms with E-state index in [2.05, 4.69) is 6.58 Å². The van der Waals surface area contributed by atoms with Gasteiger partial charge in [-0.15, -0.1) is 0 Å². The molecule has 0 fully saturated rings. The second kappa shape index (κ2) is 7.25. The minimum atomic E-state index is -0.00827. The van der Waals surface area contributed by atoms with Crippen molar-refractivity contribution in [1.82, 2.24) is 0 Å². The van der Waals surface area contributed by atoms with Crippen molar-refractivity contribution in [3.8, 4) is 46.1 Å². The number of rotatable bonds is 6. The Kier molecular flexibility index (Phi) is 4.29. The Morgan fingerprint density at radius 1 is 0.633 bits per heavy atom. The summed E-state index contributed by atoms with van der Waals surface area (Å²) in [4.78, 5) is 0. The van der Waals surface area contributed by atoms with Crippen LogP contribution >= 0.6 is 0 Å². The van der Waals surface area contributed by atoms with Crippen LogP contribution in [0.3, 0.4) is 0 Å². The fourth-order valence-corrected chi connectivity index (χ4v) is 3.03. The minimum absolute atomic E-state index is 0.00827. The number of hydrogen-bond acceptors (Lipinski definition) is 6. The van der Waals surface area contributed by atoms with Gasteiger partial charge in [-0.1, -0.05) is 12.7 Å². The quantitative estimate of drug-likeness (QED) is 0.236. The van der Waals surface area contributed by atoms with Crippen molar-refractivity contribution in [2.75, 3.05) is 0 Å². The number of allylic oxidation sites excluding steroid dienone is 2. The summed E-state index contributed by atoms with van der Waals surface area (Å²) >= 11 is 0. The van der Waals surface area contributed by atoms with E-state index in [1.165, 1.54) is 12.2 Å². The summed E-state index contributed by atoms with van der Waals surface area (Å²) in [5.41, 5.74) is 0. The van der Waals surface area contributed by atoms with E-state index in [1.54, 1.807) is 42.7 Å². The van der Waals surface area contributed by atoms with E-state index in [0.29, 0.717) is 51.8 Å². The van der Waals surface area contributed by atoms with Crippen molar-refractivity contribution < 1.29 is 27.2 Å². The van der Waals surface area contributed by atoms with E-state index in [4.69, 9.17) is 22.1 Å². The molecule has 0 aliphatic heterocycles. The predicted octanol–water partition coefficient (Wildman–Crippen LogP) is 7.40. The smallest absolute Gasteiger partial charge is 0.170 e. The first-order valence-corrected chi connectivity index (χ1v) is 9.17. The van der Waals surface area contributed by atoms with E-state index < -0.39 is 0 Å². The second-order valence-electron chi connectivity index (χ2n) is 6.42. The highest BCUT2D eigenvalue weighted by molar-refractivity contribution is 5.65. The summed E-state index contributed by atoms with van der Waals surface area (Å²) in [6, 6.07) is 17.8. The van der Waals surface area contributed by atoms with Gasteiger partial charge < -0.3 is 27.2 Å². The highest BCUT2D eigenvalue weighted by Crippen LogP contribution is 2.35. The number of furan rings is 5. The first kappa shape index (κ1) is 17.8. The Morgan fingerprint density at radius 3 is 1.57 bits per heavy atom. The Labute approximate surface area is 171 Å². The van der Waals surface area contributed by atoms with Crippen LogP contribution in [-0.4, -0.2) is 5.11 Å². The maximum Gasteiger partial charge on any atom is 0.170 e. The fourth-order valence-electron chi connectivity index (χ4n) is 3.03. The average molecular weight is 400 g/mol. The highest BCUT2D eigenvalue weighted by Gasteiger charge is 2.16. The zero-order chi connectivity index (χ0) is 20.5. The van der Waals surface area contributed by atoms with Crippen LogP contribution in [0.25, 0.3) is 51.8 Å². The Morgan fingerprint density at radius 2 is 1.10 bits per heavy atom. The van der Waals surface area contributed by atoms with Crippen LogP contribution in [0.2, 0.25) is 0 Å². The normalized spacial score (nSPS) is 11.8. The van der Waals surface area contributed by atoms with Gasteiger partial charge in [-0.3, -0.25) is 0 Å². The van der Waals surface area contributed by atoms with E-state index in [-0.39, 0.29) is 5.76 Å². The molecule has 148 valence electrons. The lowest BCUT2D eigenvalue weighted by Crippen LogP contribution is -1.75. The summed E-state index contributed by atoms with van der Waals surface area (Å²) < 4.78 is 28.6. The van der Waals surface area contributed by atoms with Crippen LogP contribution in [0.1, 0.15) is 5.76 Å². The van der Waals surface area contributed by atoms with Crippen molar-refractivity contribution in [3.63, 3.8) is 0 Å². The molecule has 5 aromatic heterocycles. The lowest BCUT2D eigenvalue weighted by Gasteiger charge is -1.95. The fraction of sp³-hybridized carbons (Fsp3) is 0. The standard InChI is InChI=1S/C24H16O6/c1-2-4-15(25)16-6-7-19(27-16)20-10-11-23(29-20)24-13-12-22(30-24)21-9-8-18(28-21)17-5-3-14-26-17/h2-14,25H,1H2/b15-4-. The van der Waals surface area contributed by atoms with Crippen LogP contribution in [0.5, 0.6) is 0 Å². The lowest BCUT2D eigenvalue weighted by atomic mass is 10.3. The molecular formula is C24H16O6. The third kappa shape index (κ3) is 3.20. The van der Waals surface area contributed by atoms with Gasteiger partial charge in [0.05, 0.1) is 6.26 Å². The molecule has 0 saturated carbocycles. The van der Waals surface area contributed by atoms with Crippen molar-refractivity contribution in [3.05, 3.63) is 91.4 Å². The minimum Gasteiger partial charge on any atom is -0.504 e. The number of aliphatic hydroxyl groups is 1. The molecule has 0 spiro atoms. The third-order valence-electron chi connectivity index (χ3n) is 4.44. The van der Waals surface area contributed by atoms with Crippen LogP contribution < -0.4 is 0 Å². The Balaban J connectivity index is 1.38. The molecular weight excluding hydrogens is 384 g/mol. The van der Waals surface area contributed by atoms with E-state index in [0.717, 1.165) is 0 Å². The zero-order valence-electron chi connectivity index (χ0n) is 15.7. The van der Waals surface area contributed by atoms with Gasteiger partial charge >= 0.3 is 0 Å². The molecule has 0 radical (unpaired) electrons. The SMILES string of the molecule is C=C/C=C(\O)c1ccc(-c2ccc(-c3ccc(-c4ccc(-c5ccco5)o4)o3)o2)o1. The molecule has 5 rings (SSSR count). The molecule has 0 bridgehead atoms. The first-order valence-electron chi connectivity index (χ1n) is 9.17. The van der Waals surface area contributed by atoms with Crippen molar-refractivity contribution in [2.45, 2.75) is 0 Å². The summed E-state index contributed by atoms with van der Waals surface area (Å²) in [5, 5.41) is 9.87. The van der Waals surface area contributed by atoms with Gasteiger partial charge in [0.15, 0.2) is 57.6 Å². The molecule has 30 heavy (non-hydrogen) atoms. The van der Waals surface area contributed by atoms with E-state index in [1.807, 2.05) is 24.3 Å². The third-order valence-corrected chi connectivity index (χ3v) is 4.44. The van der Waals surface area contributed by atoms with Crippen LogP contribution in [0, 0.1) is 0 Å². The van der Waals surface area contributed by atoms with Gasteiger partial charge in [0.25, 0.3) is 0 Å². The molecule has 6 heteroatoms. The molecule has 0 atom stereocenters. The molecule has 5 heterocycles. The molecule has 1 N–H and O–H groups in total. The molecule has 0 aliphatic carbocycles. The number of hydrogen-bond donors (Lipinski definition) is 1. The van der Waals surface area contributed by atoms with Crippen LogP contribution in [0.15, 0.2) is 108 Å². The molecule has 0 aromatic carbocycles. The van der Waals surface area contributed by atoms with Gasteiger partial charge in [-0.05, 0) is 66.7 Å². The van der Waals surface area contributed by atoms with Crippen molar-refractivity contribution in [1.29, 1.82) is 0 Å². The van der Waals surface area contributed by atoms with Crippen LogP contribution in [-0.2, 0) is 0 Å². The highest BCUT2D eigenvalue weighted by atomic mass is 16.4. The maximum absolute atomic E-state index is 9.87. The molecule has 0 amide bonds. The van der Waals surface area contributed by atoms with Gasteiger partial charge in [0.1, 0.15) is 0 Å². The average Bonchev–Trinajstić information content (AvgIpc) is 3.56. The summed E-state index contributed by atoms with van der Waals surface area (Å²) in [5.74, 6) is 4.83. The van der Waals surface area contributed by atoms with Crippen molar-refractivity contribution >= 4 is 5.76 Å². The van der Waals surface area contributed by atoms with Gasteiger partial charge in [-0.2, -0.15) is 0 Å². The summed E-state index contributed by atoms with van der Waals surface area (Å²) in [6.07, 6.45) is 4.52. The van der Waals surface area contributed by atoms with Gasteiger partial charge in [-0.25, -0.2) is 0 Å².